The minimum atomic E-state index is 0.748. The third-order valence-electron chi connectivity index (χ3n) is 2.26. The van der Waals surface area contributed by atoms with E-state index in [2.05, 4.69) is 22.2 Å². The predicted octanol–water partition coefficient (Wildman–Crippen LogP) is 3.79. The number of hydrogen-bond donors (Lipinski definition) is 0. The molecule has 0 aliphatic heterocycles. The van der Waals surface area contributed by atoms with Gasteiger partial charge in [-0.05, 0) is 42.3 Å². The fourth-order valence-corrected chi connectivity index (χ4v) is 1.34. The second-order valence-corrected chi connectivity index (χ2v) is 3.50. The van der Waals surface area contributed by atoms with E-state index in [4.69, 9.17) is 4.74 Å². The highest BCUT2D eigenvalue weighted by Gasteiger charge is 1.90. The van der Waals surface area contributed by atoms with Gasteiger partial charge in [-0.1, -0.05) is 23.3 Å². The van der Waals surface area contributed by atoms with Crippen LogP contribution in [0.25, 0.3) is 0 Å². The summed E-state index contributed by atoms with van der Waals surface area (Å²) in [6.45, 7) is 0. The molecule has 0 unspecified atom stereocenters. The maximum Gasteiger partial charge on any atom is 0.119 e. The molecule has 3 nitrogen and oxygen atoms in total. The summed E-state index contributed by atoms with van der Waals surface area (Å²) in [5.74, 6) is 3.70. The van der Waals surface area contributed by atoms with Crippen LogP contribution in [0.2, 0.25) is 0 Å². The van der Waals surface area contributed by atoms with Crippen molar-refractivity contribution in [3.63, 3.8) is 0 Å². The normalized spacial score (nSPS) is 9.83. The first-order valence-electron chi connectivity index (χ1n) is 5.49. The van der Waals surface area contributed by atoms with Crippen molar-refractivity contribution in [2.45, 2.75) is 0 Å². The number of rotatable bonds is 2. The highest BCUT2D eigenvalue weighted by atomic mass is 16.5. The second kappa shape index (κ2) is 6.21. The van der Waals surface area contributed by atoms with E-state index < -0.39 is 0 Å². The van der Waals surface area contributed by atoms with Crippen molar-refractivity contribution in [1.82, 2.24) is 0 Å². The standard InChI is InChI=1S/C15H12N2O/c1-18-15-9-7-14(8-10-15)17-16-12-11-13-5-3-2-4-6-13/h2-10H,1H3. The lowest BCUT2D eigenvalue weighted by Gasteiger charge is -1.97. The van der Waals surface area contributed by atoms with Gasteiger partial charge in [0.1, 0.15) is 5.75 Å². The molecular formula is C15H12N2O. The van der Waals surface area contributed by atoms with Crippen molar-refractivity contribution in [3.05, 3.63) is 60.2 Å². The molecule has 3 heteroatoms. The van der Waals surface area contributed by atoms with Gasteiger partial charge in [0, 0.05) is 5.56 Å². The minimum absolute atomic E-state index is 0.748. The van der Waals surface area contributed by atoms with Gasteiger partial charge in [0.25, 0.3) is 0 Å². The summed E-state index contributed by atoms with van der Waals surface area (Å²) in [6.07, 6.45) is 0. The molecule has 0 fully saturated rings. The molecule has 0 aromatic heterocycles. The molecule has 18 heavy (non-hydrogen) atoms. The highest BCUT2D eigenvalue weighted by molar-refractivity contribution is 5.41. The average molecular weight is 236 g/mol. The Labute approximate surface area is 106 Å². The zero-order chi connectivity index (χ0) is 12.6. The van der Waals surface area contributed by atoms with E-state index in [-0.39, 0.29) is 0 Å². The fourth-order valence-electron chi connectivity index (χ4n) is 1.34. The lowest BCUT2D eigenvalue weighted by molar-refractivity contribution is 0.415. The molecule has 0 bridgehead atoms. The number of ether oxygens (including phenoxy) is 1. The minimum Gasteiger partial charge on any atom is -0.497 e. The maximum absolute atomic E-state index is 5.05. The van der Waals surface area contributed by atoms with Gasteiger partial charge in [-0.3, -0.25) is 0 Å². The Bertz CT molecular complexity index is 577. The molecule has 0 aliphatic carbocycles. The quantitative estimate of drug-likeness (QED) is 0.577. The van der Waals surface area contributed by atoms with Crippen LogP contribution >= 0.6 is 0 Å². The topological polar surface area (TPSA) is 34.0 Å². The Kier molecular flexibility index (Phi) is 4.10. The molecular weight excluding hydrogens is 224 g/mol. The molecule has 2 aromatic carbocycles. The number of methoxy groups -OCH3 is 1. The predicted molar refractivity (Wildman–Crippen MR) is 70.8 cm³/mol. The van der Waals surface area contributed by atoms with Crippen LogP contribution in [0.1, 0.15) is 5.56 Å². The van der Waals surface area contributed by atoms with Gasteiger partial charge in [-0.15, -0.1) is 5.11 Å². The summed E-state index contributed by atoms with van der Waals surface area (Å²) in [5.41, 5.74) is 1.67. The summed E-state index contributed by atoms with van der Waals surface area (Å²) in [4.78, 5) is 0. The smallest absolute Gasteiger partial charge is 0.119 e. The van der Waals surface area contributed by atoms with Crippen molar-refractivity contribution >= 4 is 5.69 Å². The molecule has 2 aromatic rings. The van der Waals surface area contributed by atoms with E-state index in [1.165, 1.54) is 0 Å². The van der Waals surface area contributed by atoms with E-state index in [1.807, 2.05) is 54.6 Å². The van der Waals surface area contributed by atoms with Crippen LogP contribution in [0, 0.1) is 12.0 Å². The fraction of sp³-hybridized carbons (Fsp3) is 0.0667. The lowest BCUT2D eigenvalue weighted by atomic mass is 10.2. The van der Waals surface area contributed by atoms with Gasteiger partial charge in [0.15, 0.2) is 0 Å². The van der Waals surface area contributed by atoms with E-state index >= 15 is 0 Å². The molecule has 0 amide bonds. The Morgan fingerprint density at radius 3 is 2.33 bits per heavy atom. The summed E-state index contributed by atoms with van der Waals surface area (Å²) in [6, 6.07) is 19.6. The summed E-state index contributed by atoms with van der Waals surface area (Å²) in [7, 11) is 1.63. The van der Waals surface area contributed by atoms with Crippen molar-refractivity contribution in [3.8, 4) is 17.7 Å². The van der Waals surface area contributed by atoms with Gasteiger partial charge in [0.2, 0.25) is 0 Å². The van der Waals surface area contributed by atoms with Crippen LogP contribution in [0.15, 0.2) is 64.8 Å². The molecule has 0 spiro atoms. The van der Waals surface area contributed by atoms with Gasteiger partial charge in [-0.2, -0.15) is 0 Å². The van der Waals surface area contributed by atoms with Gasteiger partial charge in [-0.25, -0.2) is 0 Å². The van der Waals surface area contributed by atoms with Crippen LogP contribution in [0.5, 0.6) is 5.75 Å². The van der Waals surface area contributed by atoms with Gasteiger partial charge < -0.3 is 4.74 Å². The zero-order valence-electron chi connectivity index (χ0n) is 10.00. The lowest BCUT2D eigenvalue weighted by Crippen LogP contribution is -1.79. The van der Waals surface area contributed by atoms with E-state index in [9.17, 15) is 0 Å². The third-order valence-corrected chi connectivity index (χ3v) is 2.26. The molecule has 88 valence electrons. The molecule has 0 saturated carbocycles. The van der Waals surface area contributed by atoms with Crippen LogP contribution in [0.3, 0.4) is 0 Å². The van der Waals surface area contributed by atoms with Gasteiger partial charge >= 0.3 is 0 Å². The van der Waals surface area contributed by atoms with Crippen LogP contribution < -0.4 is 4.74 Å². The number of azo groups is 1. The van der Waals surface area contributed by atoms with Crippen LogP contribution in [-0.2, 0) is 0 Å². The number of nitrogens with zero attached hydrogens (tertiary/aromatic N) is 2. The monoisotopic (exact) mass is 236 g/mol. The zero-order valence-corrected chi connectivity index (χ0v) is 10.00. The van der Waals surface area contributed by atoms with Crippen molar-refractivity contribution < 1.29 is 4.74 Å². The molecule has 0 atom stereocenters. The molecule has 0 heterocycles. The Hall–Kier alpha value is -2.60. The van der Waals surface area contributed by atoms with Crippen molar-refractivity contribution in [2.24, 2.45) is 10.2 Å². The van der Waals surface area contributed by atoms with Crippen LogP contribution in [0.4, 0.5) is 5.69 Å². The third kappa shape index (κ3) is 3.46. The maximum atomic E-state index is 5.05. The second-order valence-electron chi connectivity index (χ2n) is 3.50. The number of benzene rings is 2. The van der Waals surface area contributed by atoms with Crippen LogP contribution in [-0.4, -0.2) is 7.11 Å². The summed E-state index contributed by atoms with van der Waals surface area (Å²) >= 11 is 0. The highest BCUT2D eigenvalue weighted by Crippen LogP contribution is 2.17. The molecule has 2 rings (SSSR count). The Balaban J connectivity index is 2.01. The molecule has 0 aliphatic rings. The first-order chi connectivity index (χ1) is 8.88. The van der Waals surface area contributed by atoms with Gasteiger partial charge in [0.05, 0.1) is 18.8 Å². The van der Waals surface area contributed by atoms with Crippen molar-refractivity contribution in [2.75, 3.05) is 7.11 Å². The Morgan fingerprint density at radius 2 is 1.67 bits per heavy atom. The van der Waals surface area contributed by atoms with E-state index in [1.54, 1.807) is 7.11 Å². The first-order valence-corrected chi connectivity index (χ1v) is 5.49. The number of hydrogen-bond acceptors (Lipinski definition) is 3. The SMILES string of the molecule is COc1ccc(N=NC#Cc2ccccc2)cc1. The summed E-state index contributed by atoms with van der Waals surface area (Å²) in [5, 5.41) is 7.81. The first kappa shape index (κ1) is 11.9. The summed E-state index contributed by atoms with van der Waals surface area (Å²) < 4.78 is 5.05. The molecule has 0 radical (unpaired) electrons. The van der Waals surface area contributed by atoms with E-state index in [0.29, 0.717) is 0 Å². The average Bonchev–Trinajstić information content (AvgIpc) is 2.45. The van der Waals surface area contributed by atoms with E-state index in [0.717, 1.165) is 17.0 Å². The molecule has 0 N–H and O–H groups in total. The van der Waals surface area contributed by atoms with Crippen molar-refractivity contribution in [1.29, 1.82) is 0 Å². The largest absolute Gasteiger partial charge is 0.497 e. The Morgan fingerprint density at radius 1 is 0.944 bits per heavy atom. The molecule has 0 saturated heterocycles.